The van der Waals surface area contributed by atoms with Gasteiger partial charge in [-0.1, -0.05) is 29.8 Å². The first-order valence-electron chi connectivity index (χ1n) is 11.2. The molecule has 4 N–H and O–H groups in total. The standard InChI is InChI=1S/C25H30ClN3O4S2/c1-16-12-18(26)8-9-20(16)35-29-11-10-19(33-25(2,3)32)14-27-23(30)15-28-24(31)22-13-17-6-4-5-7-21(17)34-22/h4-9,12-13,19,29,32H,10-11,14-15H2,1-3H3,(H,27,30)(H,28,31). The van der Waals surface area contributed by atoms with Crippen molar-refractivity contribution in [3.63, 3.8) is 0 Å². The Morgan fingerprint density at radius 1 is 1.17 bits per heavy atom. The van der Waals surface area contributed by atoms with Gasteiger partial charge in [0.2, 0.25) is 5.91 Å². The molecule has 0 aliphatic rings. The van der Waals surface area contributed by atoms with Crippen molar-refractivity contribution in [1.29, 1.82) is 0 Å². The molecule has 1 heterocycles. The molecule has 3 aromatic rings. The number of carbonyl (C=O) groups excluding carboxylic acids is 2. The molecule has 0 aliphatic heterocycles. The zero-order chi connectivity index (χ0) is 25.4. The first-order chi connectivity index (χ1) is 16.6. The SMILES string of the molecule is Cc1cc(Cl)ccc1SNCCC(CNC(=O)CNC(=O)c1cc2ccccc2s1)OC(C)(C)O. The average molecular weight is 536 g/mol. The minimum Gasteiger partial charge on any atom is -0.366 e. The fourth-order valence-electron chi connectivity index (χ4n) is 3.32. The summed E-state index contributed by atoms with van der Waals surface area (Å²) < 4.78 is 10.00. The molecule has 0 fully saturated rings. The Morgan fingerprint density at radius 2 is 1.94 bits per heavy atom. The number of fused-ring (bicyclic) bond motifs is 1. The molecule has 3 rings (SSSR count). The highest BCUT2D eigenvalue weighted by molar-refractivity contribution is 7.97. The van der Waals surface area contributed by atoms with Crippen LogP contribution in [0.4, 0.5) is 0 Å². The Kier molecular flexibility index (Phi) is 9.97. The number of aliphatic hydroxyl groups is 1. The maximum absolute atomic E-state index is 12.4. The highest BCUT2D eigenvalue weighted by Gasteiger charge is 2.21. The Bertz CT molecular complexity index is 1130. The number of carbonyl (C=O) groups is 2. The number of aryl methyl sites for hydroxylation is 1. The average Bonchev–Trinajstić information content (AvgIpc) is 3.23. The maximum atomic E-state index is 12.4. The second-order valence-electron chi connectivity index (χ2n) is 8.52. The summed E-state index contributed by atoms with van der Waals surface area (Å²) in [5, 5.41) is 17.2. The van der Waals surface area contributed by atoms with Crippen LogP contribution in [-0.4, -0.2) is 48.4 Å². The van der Waals surface area contributed by atoms with Crippen LogP contribution in [0, 0.1) is 6.92 Å². The number of rotatable bonds is 12. The van der Waals surface area contributed by atoms with Crippen molar-refractivity contribution < 1.29 is 19.4 Å². The molecule has 188 valence electrons. The molecule has 2 aromatic carbocycles. The molecule has 10 heteroatoms. The number of hydrogen-bond donors (Lipinski definition) is 4. The molecule has 0 radical (unpaired) electrons. The van der Waals surface area contributed by atoms with Crippen LogP contribution in [0.25, 0.3) is 10.1 Å². The molecule has 0 saturated heterocycles. The van der Waals surface area contributed by atoms with Gasteiger partial charge in [0.1, 0.15) is 0 Å². The highest BCUT2D eigenvalue weighted by atomic mass is 35.5. The predicted octanol–water partition coefficient (Wildman–Crippen LogP) is 4.51. The molecule has 1 atom stereocenters. The van der Waals surface area contributed by atoms with Crippen LogP contribution in [-0.2, 0) is 9.53 Å². The van der Waals surface area contributed by atoms with Gasteiger partial charge in [-0.25, -0.2) is 0 Å². The van der Waals surface area contributed by atoms with Crippen LogP contribution in [0.15, 0.2) is 53.4 Å². The van der Waals surface area contributed by atoms with Gasteiger partial charge >= 0.3 is 0 Å². The van der Waals surface area contributed by atoms with Crippen molar-refractivity contribution in [3.8, 4) is 0 Å². The van der Waals surface area contributed by atoms with Gasteiger partial charge in [0.15, 0.2) is 5.79 Å². The van der Waals surface area contributed by atoms with E-state index < -0.39 is 11.9 Å². The van der Waals surface area contributed by atoms with Crippen LogP contribution >= 0.6 is 34.9 Å². The normalized spacial score (nSPS) is 12.5. The topological polar surface area (TPSA) is 99.7 Å². The van der Waals surface area contributed by atoms with E-state index in [1.807, 2.05) is 55.5 Å². The minimum atomic E-state index is -1.34. The highest BCUT2D eigenvalue weighted by Crippen LogP contribution is 2.25. The lowest BCUT2D eigenvalue weighted by Gasteiger charge is -2.26. The largest absolute Gasteiger partial charge is 0.366 e. The van der Waals surface area contributed by atoms with Crippen molar-refractivity contribution in [2.45, 2.75) is 44.0 Å². The summed E-state index contributed by atoms with van der Waals surface area (Å²) in [6, 6.07) is 15.3. The number of ether oxygens (including phenoxy) is 1. The molecule has 2 amide bonds. The molecular weight excluding hydrogens is 506 g/mol. The fourth-order valence-corrected chi connectivity index (χ4v) is 5.26. The Morgan fingerprint density at radius 3 is 2.66 bits per heavy atom. The van der Waals surface area contributed by atoms with E-state index in [2.05, 4.69) is 15.4 Å². The van der Waals surface area contributed by atoms with Crippen LogP contribution in [0.2, 0.25) is 5.02 Å². The molecule has 0 spiro atoms. The summed E-state index contributed by atoms with van der Waals surface area (Å²) in [5.41, 5.74) is 1.07. The van der Waals surface area contributed by atoms with Crippen molar-refractivity contribution in [1.82, 2.24) is 15.4 Å². The van der Waals surface area contributed by atoms with Crippen LogP contribution in [0.3, 0.4) is 0 Å². The molecule has 35 heavy (non-hydrogen) atoms. The first-order valence-corrected chi connectivity index (χ1v) is 13.2. The molecule has 1 aromatic heterocycles. The Hall–Kier alpha value is -2.14. The summed E-state index contributed by atoms with van der Waals surface area (Å²) >= 11 is 8.88. The van der Waals surface area contributed by atoms with Crippen molar-refractivity contribution in [2.24, 2.45) is 0 Å². The monoisotopic (exact) mass is 535 g/mol. The summed E-state index contributed by atoms with van der Waals surface area (Å²) in [6.07, 6.45) is 0.134. The zero-order valence-corrected chi connectivity index (χ0v) is 22.3. The molecular formula is C25H30ClN3O4S2. The van der Waals surface area contributed by atoms with Crippen molar-refractivity contribution >= 4 is 56.8 Å². The summed E-state index contributed by atoms with van der Waals surface area (Å²) in [7, 11) is 0. The van der Waals surface area contributed by atoms with E-state index in [1.54, 1.807) is 13.8 Å². The molecule has 7 nitrogen and oxygen atoms in total. The van der Waals surface area contributed by atoms with Crippen LogP contribution < -0.4 is 15.4 Å². The second kappa shape index (κ2) is 12.7. The van der Waals surface area contributed by atoms with E-state index in [-0.39, 0.29) is 24.9 Å². The van der Waals surface area contributed by atoms with E-state index in [0.717, 1.165) is 20.5 Å². The number of nitrogens with one attached hydrogen (secondary N) is 3. The van der Waals surface area contributed by atoms with Crippen molar-refractivity contribution in [2.75, 3.05) is 19.6 Å². The minimum absolute atomic E-state index is 0.147. The van der Waals surface area contributed by atoms with E-state index in [4.69, 9.17) is 16.3 Å². The Labute approximate surface area is 218 Å². The van der Waals surface area contributed by atoms with Gasteiger partial charge in [-0.3, -0.25) is 14.3 Å². The lowest BCUT2D eigenvalue weighted by molar-refractivity contribution is -0.205. The predicted molar refractivity (Wildman–Crippen MR) is 143 cm³/mol. The van der Waals surface area contributed by atoms with Crippen LogP contribution in [0.1, 0.15) is 35.5 Å². The van der Waals surface area contributed by atoms with Gasteiger partial charge < -0.3 is 20.5 Å². The second-order valence-corrected chi connectivity index (χ2v) is 11.0. The number of hydrogen-bond acceptors (Lipinski definition) is 7. The van der Waals surface area contributed by atoms with Gasteiger partial charge in [-0.2, -0.15) is 0 Å². The summed E-state index contributed by atoms with van der Waals surface area (Å²) in [6.45, 7) is 5.73. The van der Waals surface area contributed by atoms with Gasteiger partial charge in [0, 0.05) is 27.7 Å². The van der Waals surface area contributed by atoms with Crippen molar-refractivity contribution in [3.05, 3.63) is 64.0 Å². The maximum Gasteiger partial charge on any atom is 0.261 e. The third kappa shape index (κ3) is 9.10. The van der Waals surface area contributed by atoms with E-state index in [0.29, 0.717) is 22.9 Å². The number of halogens is 1. The summed E-state index contributed by atoms with van der Waals surface area (Å²) in [5.74, 6) is -1.96. The number of benzene rings is 2. The van der Waals surface area contributed by atoms with Crippen LogP contribution in [0.5, 0.6) is 0 Å². The third-order valence-corrected chi connectivity index (χ3v) is 7.30. The molecule has 0 aliphatic carbocycles. The van der Waals surface area contributed by atoms with Gasteiger partial charge in [-0.05, 0) is 80.4 Å². The first kappa shape index (κ1) is 27.4. The molecule has 1 unspecified atom stereocenters. The quantitative estimate of drug-likeness (QED) is 0.155. The number of amides is 2. The smallest absolute Gasteiger partial charge is 0.261 e. The molecule has 0 bridgehead atoms. The Balaban J connectivity index is 1.43. The van der Waals surface area contributed by atoms with E-state index >= 15 is 0 Å². The number of thiophene rings is 1. The summed E-state index contributed by atoms with van der Waals surface area (Å²) in [4.78, 5) is 26.4. The van der Waals surface area contributed by atoms with E-state index in [1.165, 1.54) is 23.3 Å². The lowest BCUT2D eigenvalue weighted by atomic mass is 10.2. The molecule has 0 saturated carbocycles. The lowest BCUT2D eigenvalue weighted by Crippen LogP contribution is -2.43. The van der Waals surface area contributed by atoms with Gasteiger partial charge in [-0.15, -0.1) is 11.3 Å². The zero-order valence-electron chi connectivity index (χ0n) is 19.9. The third-order valence-electron chi connectivity index (χ3n) is 4.93. The van der Waals surface area contributed by atoms with Gasteiger partial charge in [0.25, 0.3) is 5.91 Å². The van der Waals surface area contributed by atoms with Gasteiger partial charge in [0.05, 0.1) is 17.5 Å². The fraction of sp³-hybridized carbons (Fsp3) is 0.360. The van der Waals surface area contributed by atoms with E-state index in [9.17, 15) is 14.7 Å².